The normalized spacial score (nSPS) is 17.5. The second-order valence-corrected chi connectivity index (χ2v) is 6.58. The lowest BCUT2D eigenvalue weighted by Crippen LogP contribution is -2.37. The summed E-state index contributed by atoms with van der Waals surface area (Å²) in [7, 11) is 1.68. The molecule has 1 aliphatic heterocycles. The van der Waals surface area contributed by atoms with Gasteiger partial charge in [-0.1, -0.05) is 18.2 Å². The highest BCUT2D eigenvalue weighted by atomic mass is 32.1. The van der Waals surface area contributed by atoms with E-state index in [4.69, 9.17) is 10.5 Å². The summed E-state index contributed by atoms with van der Waals surface area (Å²) in [6.45, 7) is 1.16. The first-order chi connectivity index (χ1) is 11.2. The number of hydrogen-bond acceptors (Lipinski definition) is 5. The van der Waals surface area contributed by atoms with Gasteiger partial charge in [-0.3, -0.25) is 4.79 Å². The summed E-state index contributed by atoms with van der Waals surface area (Å²) in [6.07, 6.45) is 2.85. The van der Waals surface area contributed by atoms with E-state index in [1.165, 1.54) is 11.3 Å². The third kappa shape index (κ3) is 3.38. The summed E-state index contributed by atoms with van der Waals surface area (Å²) in [6, 6.07) is 8.19. The maximum absolute atomic E-state index is 12.7. The van der Waals surface area contributed by atoms with Gasteiger partial charge in [-0.25, -0.2) is 4.98 Å². The molecule has 0 unspecified atom stereocenters. The Morgan fingerprint density at radius 1 is 1.48 bits per heavy atom. The summed E-state index contributed by atoms with van der Waals surface area (Å²) in [5.74, 6) is 0.893. The maximum Gasteiger partial charge on any atom is 0.273 e. The van der Waals surface area contributed by atoms with E-state index in [9.17, 15) is 4.79 Å². The molecule has 5 nitrogen and oxygen atoms in total. The molecule has 0 spiro atoms. The van der Waals surface area contributed by atoms with Crippen molar-refractivity contribution in [2.75, 3.05) is 13.7 Å². The number of amides is 1. The van der Waals surface area contributed by atoms with Crippen molar-refractivity contribution in [2.24, 2.45) is 5.73 Å². The average molecular weight is 331 g/mol. The fourth-order valence-electron chi connectivity index (χ4n) is 3.09. The average Bonchev–Trinajstić information content (AvgIpc) is 3.24. The van der Waals surface area contributed by atoms with Gasteiger partial charge in [0.15, 0.2) is 0 Å². The van der Waals surface area contributed by atoms with Crippen molar-refractivity contribution in [2.45, 2.75) is 31.8 Å². The van der Waals surface area contributed by atoms with E-state index < -0.39 is 0 Å². The lowest BCUT2D eigenvalue weighted by Gasteiger charge is -2.24. The van der Waals surface area contributed by atoms with E-state index in [2.05, 4.69) is 11.1 Å². The fourth-order valence-corrected chi connectivity index (χ4v) is 3.74. The molecule has 122 valence electrons. The molecule has 0 radical (unpaired) electrons. The van der Waals surface area contributed by atoms with E-state index in [1.54, 1.807) is 7.11 Å². The third-order valence-electron chi connectivity index (χ3n) is 4.23. The number of rotatable bonds is 5. The Bertz CT molecular complexity index is 686. The minimum atomic E-state index is 0.0124. The van der Waals surface area contributed by atoms with Crippen LogP contribution in [0.25, 0.3) is 0 Å². The Morgan fingerprint density at radius 3 is 3.04 bits per heavy atom. The predicted octanol–water partition coefficient (Wildman–Crippen LogP) is 2.46. The number of nitrogens with two attached hydrogens (primary N) is 1. The number of benzene rings is 1. The topological polar surface area (TPSA) is 68.5 Å². The van der Waals surface area contributed by atoms with Gasteiger partial charge in [-0.2, -0.15) is 0 Å². The molecule has 2 aromatic rings. The minimum Gasteiger partial charge on any atom is -0.496 e. The number of methoxy groups -OCH3 is 1. The number of hydrogen-bond donors (Lipinski definition) is 1. The number of carbonyl (C=O) groups is 1. The maximum atomic E-state index is 12.7. The van der Waals surface area contributed by atoms with Gasteiger partial charge in [0.2, 0.25) is 0 Å². The first kappa shape index (κ1) is 16.0. The molecule has 3 rings (SSSR count). The Morgan fingerprint density at radius 2 is 2.30 bits per heavy atom. The van der Waals surface area contributed by atoms with Crippen molar-refractivity contribution in [3.05, 3.63) is 45.9 Å². The Hall–Kier alpha value is -1.92. The van der Waals surface area contributed by atoms with Gasteiger partial charge < -0.3 is 15.4 Å². The van der Waals surface area contributed by atoms with Gasteiger partial charge in [0.1, 0.15) is 16.5 Å². The molecular weight excluding hydrogens is 310 g/mol. The SMILES string of the molecule is COc1ccccc1C[C@@H]1CCCN1C(=O)c1csc(CN)n1. The van der Waals surface area contributed by atoms with Gasteiger partial charge in [0.05, 0.1) is 7.11 Å². The predicted molar refractivity (Wildman–Crippen MR) is 90.8 cm³/mol. The summed E-state index contributed by atoms with van der Waals surface area (Å²) < 4.78 is 5.43. The molecule has 1 atom stereocenters. The van der Waals surface area contributed by atoms with E-state index in [-0.39, 0.29) is 11.9 Å². The third-order valence-corrected chi connectivity index (χ3v) is 5.10. The highest BCUT2D eigenvalue weighted by Crippen LogP contribution is 2.27. The molecule has 1 amide bonds. The van der Waals surface area contributed by atoms with Crippen molar-refractivity contribution in [1.82, 2.24) is 9.88 Å². The van der Waals surface area contributed by atoms with Gasteiger partial charge in [0, 0.05) is 24.5 Å². The minimum absolute atomic E-state index is 0.0124. The second kappa shape index (κ2) is 7.10. The van der Waals surface area contributed by atoms with E-state index >= 15 is 0 Å². The summed E-state index contributed by atoms with van der Waals surface area (Å²) in [5, 5.41) is 2.61. The molecule has 0 bridgehead atoms. The van der Waals surface area contributed by atoms with Crippen molar-refractivity contribution in [3.63, 3.8) is 0 Å². The molecule has 23 heavy (non-hydrogen) atoms. The Kier molecular flexibility index (Phi) is 4.93. The quantitative estimate of drug-likeness (QED) is 0.914. The first-order valence-electron chi connectivity index (χ1n) is 7.80. The molecule has 2 N–H and O–H groups in total. The molecule has 0 aliphatic carbocycles. The molecule has 1 saturated heterocycles. The van der Waals surface area contributed by atoms with Crippen LogP contribution < -0.4 is 10.5 Å². The van der Waals surface area contributed by atoms with Gasteiger partial charge in [-0.15, -0.1) is 11.3 Å². The standard InChI is InChI=1S/C17H21N3O2S/c1-22-15-7-3-2-5-12(15)9-13-6-4-8-20(13)17(21)14-11-23-16(10-18)19-14/h2-3,5,7,11,13H,4,6,8-10,18H2,1H3/t13-/m0/s1. The lowest BCUT2D eigenvalue weighted by molar-refractivity contribution is 0.0730. The number of likely N-dealkylation sites (tertiary alicyclic amines) is 1. The van der Waals surface area contributed by atoms with Gasteiger partial charge in [-0.05, 0) is 30.9 Å². The molecule has 1 aliphatic rings. The molecular formula is C17H21N3O2S. The van der Waals surface area contributed by atoms with Crippen LogP contribution in [-0.2, 0) is 13.0 Å². The van der Waals surface area contributed by atoms with Crippen LogP contribution in [0.3, 0.4) is 0 Å². The Balaban J connectivity index is 1.76. The zero-order valence-electron chi connectivity index (χ0n) is 13.2. The molecule has 1 aromatic carbocycles. The number of aromatic nitrogens is 1. The van der Waals surface area contributed by atoms with Gasteiger partial charge in [0.25, 0.3) is 5.91 Å². The largest absolute Gasteiger partial charge is 0.496 e. The van der Waals surface area contributed by atoms with Crippen LogP contribution in [-0.4, -0.2) is 35.5 Å². The lowest BCUT2D eigenvalue weighted by atomic mass is 10.0. The first-order valence-corrected chi connectivity index (χ1v) is 8.68. The summed E-state index contributed by atoms with van der Waals surface area (Å²) in [5.41, 5.74) is 7.24. The second-order valence-electron chi connectivity index (χ2n) is 5.64. The van der Waals surface area contributed by atoms with E-state index in [0.717, 1.165) is 42.1 Å². The van der Waals surface area contributed by atoms with Crippen molar-refractivity contribution >= 4 is 17.2 Å². The smallest absolute Gasteiger partial charge is 0.273 e. The number of nitrogens with zero attached hydrogens (tertiary/aromatic N) is 2. The summed E-state index contributed by atoms with van der Waals surface area (Å²) in [4.78, 5) is 19.0. The summed E-state index contributed by atoms with van der Waals surface area (Å²) >= 11 is 1.44. The zero-order valence-corrected chi connectivity index (χ0v) is 14.0. The molecule has 0 saturated carbocycles. The van der Waals surface area contributed by atoms with Crippen molar-refractivity contribution in [3.8, 4) is 5.75 Å². The van der Waals surface area contributed by atoms with E-state index in [0.29, 0.717) is 12.2 Å². The van der Waals surface area contributed by atoms with Crippen LogP contribution in [0.4, 0.5) is 0 Å². The highest BCUT2D eigenvalue weighted by Gasteiger charge is 2.31. The van der Waals surface area contributed by atoms with Crippen LogP contribution in [0.1, 0.15) is 33.9 Å². The molecule has 1 aromatic heterocycles. The van der Waals surface area contributed by atoms with Crippen LogP contribution in [0, 0.1) is 0 Å². The number of ether oxygens (including phenoxy) is 1. The molecule has 2 heterocycles. The number of thiazole rings is 1. The highest BCUT2D eigenvalue weighted by molar-refractivity contribution is 7.09. The van der Waals surface area contributed by atoms with E-state index in [1.807, 2.05) is 28.5 Å². The number of para-hydroxylation sites is 1. The number of carbonyl (C=O) groups excluding carboxylic acids is 1. The fraction of sp³-hybridized carbons (Fsp3) is 0.412. The monoisotopic (exact) mass is 331 g/mol. The van der Waals surface area contributed by atoms with Crippen molar-refractivity contribution < 1.29 is 9.53 Å². The Labute approximate surface area is 140 Å². The van der Waals surface area contributed by atoms with Crippen LogP contribution in [0.5, 0.6) is 5.75 Å². The van der Waals surface area contributed by atoms with Crippen molar-refractivity contribution in [1.29, 1.82) is 0 Å². The van der Waals surface area contributed by atoms with Crippen LogP contribution in [0.2, 0.25) is 0 Å². The van der Waals surface area contributed by atoms with Crippen LogP contribution >= 0.6 is 11.3 Å². The molecule has 1 fully saturated rings. The zero-order chi connectivity index (χ0) is 16.2. The van der Waals surface area contributed by atoms with Crippen LogP contribution in [0.15, 0.2) is 29.6 Å². The van der Waals surface area contributed by atoms with Gasteiger partial charge >= 0.3 is 0 Å². The molecule has 6 heteroatoms.